The van der Waals surface area contributed by atoms with Crippen molar-refractivity contribution in [2.75, 3.05) is 5.32 Å². The van der Waals surface area contributed by atoms with Crippen LogP contribution in [0.3, 0.4) is 0 Å². The first-order valence-electron chi connectivity index (χ1n) is 7.44. The molecule has 0 saturated heterocycles. The Hall–Kier alpha value is -2.18. The van der Waals surface area contributed by atoms with Gasteiger partial charge in [0.2, 0.25) is 0 Å². The molecule has 3 aromatic heterocycles. The van der Waals surface area contributed by atoms with E-state index in [1.54, 1.807) is 11.3 Å². The number of hydrogen-bond donors (Lipinski definition) is 1. The number of benzene rings is 1. The monoisotopic (exact) mass is 400 g/mol. The number of rotatable bonds is 3. The van der Waals surface area contributed by atoms with Crippen molar-refractivity contribution in [3.05, 3.63) is 65.3 Å². The molecule has 0 aliphatic carbocycles. The third-order valence-corrected chi connectivity index (χ3v) is 4.49. The molecular formula is C18H17BrN4S. The highest BCUT2D eigenvalue weighted by atomic mass is 79.9. The number of halogens is 1. The third kappa shape index (κ3) is 3.07. The molecule has 3 heterocycles. The second kappa shape index (κ2) is 6.75. The highest BCUT2D eigenvalue weighted by molar-refractivity contribution is 8.93. The highest BCUT2D eigenvalue weighted by Gasteiger charge is 2.14. The lowest BCUT2D eigenvalue weighted by Gasteiger charge is -2.02. The van der Waals surface area contributed by atoms with Gasteiger partial charge >= 0.3 is 0 Å². The molecule has 0 saturated carbocycles. The molecule has 0 bridgehead atoms. The van der Waals surface area contributed by atoms with Crippen LogP contribution >= 0.6 is 28.3 Å². The molecule has 122 valence electrons. The van der Waals surface area contributed by atoms with E-state index in [0.29, 0.717) is 0 Å². The van der Waals surface area contributed by atoms with Crippen molar-refractivity contribution >= 4 is 44.8 Å². The Labute approximate surface area is 155 Å². The number of aromatic nitrogens is 3. The van der Waals surface area contributed by atoms with Gasteiger partial charge in [-0.2, -0.15) is 0 Å². The van der Waals surface area contributed by atoms with Gasteiger partial charge in [-0.05, 0) is 43.7 Å². The summed E-state index contributed by atoms with van der Waals surface area (Å²) in [7, 11) is 0. The number of hydrogen-bond acceptors (Lipinski definition) is 4. The van der Waals surface area contributed by atoms with Crippen LogP contribution in [0.15, 0.2) is 54.0 Å². The van der Waals surface area contributed by atoms with Gasteiger partial charge in [-0.1, -0.05) is 18.2 Å². The van der Waals surface area contributed by atoms with Crippen LogP contribution in [-0.2, 0) is 0 Å². The van der Waals surface area contributed by atoms with Crippen molar-refractivity contribution in [2.45, 2.75) is 13.8 Å². The summed E-state index contributed by atoms with van der Waals surface area (Å²) in [6, 6.07) is 14.3. The summed E-state index contributed by atoms with van der Waals surface area (Å²) in [4.78, 5) is 9.38. The normalized spacial score (nSPS) is 10.6. The van der Waals surface area contributed by atoms with Crippen LogP contribution in [0, 0.1) is 13.8 Å². The number of nitrogens with one attached hydrogen (secondary N) is 1. The maximum Gasteiger partial charge on any atom is 0.187 e. The molecule has 0 radical (unpaired) electrons. The summed E-state index contributed by atoms with van der Waals surface area (Å²) in [6.07, 6.45) is 2.06. The zero-order valence-corrected chi connectivity index (χ0v) is 15.9. The predicted molar refractivity (Wildman–Crippen MR) is 106 cm³/mol. The average molecular weight is 401 g/mol. The Morgan fingerprint density at radius 3 is 2.62 bits per heavy atom. The SMILES string of the molecule is Br.Cc1ccn2c(-c3csc(Nc4ccccc4)n3)c(C)nc2c1. The quantitative estimate of drug-likeness (QED) is 0.500. The van der Waals surface area contributed by atoms with Crippen molar-refractivity contribution in [1.82, 2.24) is 14.4 Å². The van der Waals surface area contributed by atoms with Gasteiger partial charge in [-0.15, -0.1) is 28.3 Å². The first kappa shape index (κ1) is 16.7. The van der Waals surface area contributed by atoms with Gasteiger partial charge in [-0.25, -0.2) is 9.97 Å². The van der Waals surface area contributed by atoms with E-state index in [1.165, 1.54) is 5.56 Å². The van der Waals surface area contributed by atoms with Crippen molar-refractivity contribution in [1.29, 1.82) is 0 Å². The zero-order chi connectivity index (χ0) is 15.8. The van der Waals surface area contributed by atoms with Crippen LogP contribution in [0.5, 0.6) is 0 Å². The molecule has 0 atom stereocenters. The second-order valence-electron chi connectivity index (χ2n) is 5.51. The molecule has 1 aromatic carbocycles. The number of anilines is 2. The van der Waals surface area contributed by atoms with Crippen LogP contribution in [0.1, 0.15) is 11.3 Å². The number of imidazole rings is 1. The maximum absolute atomic E-state index is 4.73. The smallest absolute Gasteiger partial charge is 0.187 e. The van der Waals surface area contributed by atoms with E-state index >= 15 is 0 Å². The largest absolute Gasteiger partial charge is 0.332 e. The molecule has 24 heavy (non-hydrogen) atoms. The van der Waals surface area contributed by atoms with Crippen LogP contribution < -0.4 is 5.32 Å². The van der Waals surface area contributed by atoms with Gasteiger partial charge in [0, 0.05) is 17.3 Å². The molecule has 0 amide bonds. The van der Waals surface area contributed by atoms with Gasteiger partial charge in [-0.3, -0.25) is 4.40 Å². The lowest BCUT2D eigenvalue weighted by Crippen LogP contribution is -1.92. The van der Waals surface area contributed by atoms with E-state index in [-0.39, 0.29) is 17.0 Å². The van der Waals surface area contributed by atoms with Crippen molar-refractivity contribution in [3.8, 4) is 11.4 Å². The Kier molecular flexibility index (Phi) is 4.69. The molecule has 4 rings (SSSR count). The van der Waals surface area contributed by atoms with Gasteiger partial charge in [0.25, 0.3) is 0 Å². The van der Waals surface area contributed by atoms with Crippen molar-refractivity contribution in [2.24, 2.45) is 0 Å². The minimum absolute atomic E-state index is 0. The van der Waals surface area contributed by atoms with E-state index in [0.717, 1.165) is 33.5 Å². The van der Waals surface area contributed by atoms with Gasteiger partial charge in [0.15, 0.2) is 5.13 Å². The van der Waals surface area contributed by atoms with E-state index in [4.69, 9.17) is 4.98 Å². The molecule has 0 fully saturated rings. The lowest BCUT2D eigenvalue weighted by atomic mass is 10.2. The molecule has 0 aliphatic heterocycles. The van der Waals surface area contributed by atoms with E-state index in [9.17, 15) is 0 Å². The van der Waals surface area contributed by atoms with Crippen LogP contribution in [0.4, 0.5) is 10.8 Å². The van der Waals surface area contributed by atoms with Crippen LogP contribution in [-0.4, -0.2) is 14.4 Å². The molecule has 0 unspecified atom stereocenters. The summed E-state index contributed by atoms with van der Waals surface area (Å²) in [5.74, 6) is 0. The maximum atomic E-state index is 4.73. The Bertz CT molecular complexity index is 975. The summed E-state index contributed by atoms with van der Waals surface area (Å²) >= 11 is 1.60. The number of aryl methyl sites for hydroxylation is 2. The Balaban J connectivity index is 0.00000169. The zero-order valence-electron chi connectivity index (χ0n) is 13.4. The third-order valence-electron chi connectivity index (χ3n) is 3.73. The summed E-state index contributed by atoms with van der Waals surface area (Å²) in [5, 5.41) is 6.29. The van der Waals surface area contributed by atoms with Crippen molar-refractivity contribution < 1.29 is 0 Å². The van der Waals surface area contributed by atoms with Crippen LogP contribution in [0.2, 0.25) is 0 Å². The molecule has 0 spiro atoms. The number of fused-ring (bicyclic) bond motifs is 1. The fourth-order valence-electron chi connectivity index (χ4n) is 2.66. The van der Waals surface area contributed by atoms with Crippen molar-refractivity contribution in [3.63, 3.8) is 0 Å². The number of para-hydroxylation sites is 1. The topological polar surface area (TPSA) is 42.2 Å². The molecule has 1 N–H and O–H groups in total. The van der Waals surface area contributed by atoms with Crippen LogP contribution in [0.25, 0.3) is 17.0 Å². The first-order chi connectivity index (χ1) is 11.2. The van der Waals surface area contributed by atoms with Gasteiger partial charge in [0.05, 0.1) is 11.4 Å². The molecular weight excluding hydrogens is 384 g/mol. The number of pyridine rings is 1. The predicted octanol–water partition coefficient (Wildman–Crippen LogP) is 5.40. The van der Waals surface area contributed by atoms with E-state index < -0.39 is 0 Å². The summed E-state index contributed by atoms with van der Waals surface area (Å²) < 4.78 is 2.10. The molecule has 0 aliphatic rings. The molecule has 6 heteroatoms. The summed E-state index contributed by atoms with van der Waals surface area (Å²) in [5.41, 5.74) is 6.20. The fraction of sp³-hybridized carbons (Fsp3) is 0.111. The minimum Gasteiger partial charge on any atom is -0.332 e. The van der Waals surface area contributed by atoms with Gasteiger partial charge < -0.3 is 5.32 Å². The van der Waals surface area contributed by atoms with E-state index in [1.807, 2.05) is 37.3 Å². The van der Waals surface area contributed by atoms with E-state index in [2.05, 4.69) is 45.3 Å². The number of thiazole rings is 1. The average Bonchev–Trinajstić information content (AvgIpc) is 3.11. The molecule has 4 nitrogen and oxygen atoms in total. The number of nitrogens with zero attached hydrogens (tertiary/aromatic N) is 3. The lowest BCUT2D eigenvalue weighted by molar-refractivity contribution is 1.16. The van der Waals surface area contributed by atoms with Gasteiger partial charge in [0.1, 0.15) is 11.3 Å². The Morgan fingerprint density at radius 2 is 1.83 bits per heavy atom. The highest BCUT2D eigenvalue weighted by Crippen LogP contribution is 2.29. The first-order valence-corrected chi connectivity index (χ1v) is 8.32. The fourth-order valence-corrected chi connectivity index (χ4v) is 3.37. The molecule has 4 aromatic rings. The minimum atomic E-state index is 0. The second-order valence-corrected chi connectivity index (χ2v) is 6.37. The Morgan fingerprint density at radius 1 is 1.04 bits per heavy atom. The summed E-state index contributed by atoms with van der Waals surface area (Å²) in [6.45, 7) is 4.11. The standard InChI is InChI=1S/C18H16N4S.BrH/c1-12-8-9-22-16(10-12)19-13(2)17(22)15-11-23-18(21-15)20-14-6-4-3-5-7-14;/h3-11H,1-2H3,(H,20,21);1H.